The topological polar surface area (TPSA) is 78.9 Å². The number of allylic oxidation sites excluding steroid dienone is 6. The van der Waals surface area contributed by atoms with Gasteiger partial charge < -0.3 is 14.2 Å². The zero-order valence-electron chi connectivity index (χ0n) is 52.7. The first-order chi connectivity index (χ1) is 38.5. The predicted molar refractivity (Wildman–Crippen MR) is 339 cm³/mol. The highest BCUT2D eigenvalue weighted by Crippen LogP contribution is 2.18. The molecular formula is C72H134O6. The van der Waals surface area contributed by atoms with Crippen molar-refractivity contribution in [3.05, 3.63) is 36.5 Å². The molecule has 0 N–H and O–H groups in total. The Labute approximate surface area is 486 Å². The van der Waals surface area contributed by atoms with E-state index in [1.54, 1.807) is 0 Å². The number of carbonyl (C=O) groups is 3. The van der Waals surface area contributed by atoms with Crippen molar-refractivity contribution in [3.8, 4) is 0 Å². The third-order valence-corrected chi connectivity index (χ3v) is 15.9. The molecule has 0 aliphatic rings. The van der Waals surface area contributed by atoms with Crippen LogP contribution in [-0.4, -0.2) is 37.2 Å². The van der Waals surface area contributed by atoms with Gasteiger partial charge in [0.25, 0.3) is 0 Å². The Morgan fingerprint density at radius 2 is 0.462 bits per heavy atom. The van der Waals surface area contributed by atoms with E-state index in [1.165, 1.54) is 276 Å². The molecule has 0 aliphatic carbocycles. The highest BCUT2D eigenvalue weighted by molar-refractivity contribution is 5.71. The molecule has 0 heterocycles. The van der Waals surface area contributed by atoms with Crippen molar-refractivity contribution in [1.29, 1.82) is 0 Å². The van der Waals surface area contributed by atoms with Gasteiger partial charge in [0.1, 0.15) is 13.2 Å². The van der Waals surface area contributed by atoms with Gasteiger partial charge in [0, 0.05) is 19.3 Å². The summed E-state index contributed by atoms with van der Waals surface area (Å²) in [7, 11) is 0. The maximum atomic E-state index is 12.9. The summed E-state index contributed by atoms with van der Waals surface area (Å²) in [4.78, 5) is 38.1. The van der Waals surface area contributed by atoms with Crippen LogP contribution in [0.4, 0.5) is 0 Å². The quantitative estimate of drug-likeness (QED) is 0.0261. The fourth-order valence-electron chi connectivity index (χ4n) is 10.6. The van der Waals surface area contributed by atoms with Gasteiger partial charge in [0.15, 0.2) is 6.10 Å². The molecule has 1 unspecified atom stereocenters. The summed E-state index contributed by atoms with van der Waals surface area (Å²) in [6.07, 6.45) is 83.5. The first-order valence-electron chi connectivity index (χ1n) is 35.0. The molecular weight excluding hydrogens is 961 g/mol. The van der Waals surface area contributed by atoms with E-state index >= 15 is 0 Å². The molecule has 0 rings (SSSR count). The van der Waals surface area contributed by atoms with E-state index in [-0.39, 0.29) is 31.1 Å². The molecule has 0 spiro atoms. The lowest BCUT2D eigenvalue weighted by Crippen LogP contribution is -2.30. The van der Waals surface area contributed by atoms with E-state index in [2.05, 4.69) is 57.2 Å². The zero-order chi connectivity index (χ0) is 56.4. The van der Waals surface area contributed by atoms with Gasteiger partial charge in [-0.25, -0.2) is 0 Å². The molecule has 1 atom stereocenters. The van der Waals surface area contributed by atoms with Crippen molar-refractivity contribution in [2.24, 2.45) is 0 Å². The molecule has 0 bridgehead atoms. The van der Waals surface area contributed by atoms with Crippen LogP contribution in [0.15, 0.2) is 36.5 Å². The Morgan fingerprint density at radius 3 is 0.744 bits per heavy atom. The number of unbranched alkanes of at least 4 members (excludes halogenated alkanes) is 48. The minimum absolute atomic E-state index is 0.0704. The van der Waals surface area contributed by atoms with E-state index in [1.807, 2.05) is 0 Å². The highest BCUT2D eigenvalue weighted by Gasteiger charge is 2.19. The highest BCUT2D eigenvalue weighted by atomic mass is 16.6. The normalized spacial score (nSPS) is 12.2. The van der Waals surface area contributed by atoms with Crippen LogP contribution in [0.1, 0.15) is 387 Å². The van der Waals surface area contributed by atoms with Gasteiger partial charge in [-0.3, -0.25) is 14.4 Å². The number of esters is 3. The summed E-state index contributed by atoms with van der Waals surface area (Å²) < 4.78 is 16.9. The molecule has 0 amide bonds. The van der Waals surface area contributed by atoms with Gasteiger partial charge in [-0.15, -0.1) is 0 Å². The first kappa shape index (κ1) is 75.6. The SMILES string of the molecule is CCCCC/C=C\C/C=C\CCCCCCCCCC(=O)OC(COC(=O)CCCCCCCCCC)COC(=O)CCCCCCCCCCCCCCCCCCCCCCCCC/C=C\CCCCCCCCCC. The molecule has 0 saturated carbocycles. The maximum Gasteiger partial charge on any atom is 0.306 e. The molecule has 0 aliphatic heterocycles. The maximum absolute atomic E-state index is 12.9. The van der Waals surface area contributed by atoms with Crippen LogP contribution >= 0.6 is 0 Å². The number of hydrogen-bond acceptors (Lipinski definition) is 6. The van der Waals surface area contributed by atoms with Crippen LogP contribution in [0.3, 0.4) is 0 Å². The van der Waals surface area contributed by atoms with Gasteiger partial charge in [0.2, 0.25) is 0 Å². The van der Waals surface area contributed by atoms with E-state index in [0.717, 1.165) is 70.6 Å². The molecule has 0 aromatic rings. The monoisotopic (exact) mass is 1100 g/mol. The smallest absolute Gasteiger partial charge is 0.306 e. The Morgan fingerprint density at radius 1 is 0.256 bits per heavy atom. The second-order valence-electron chi connectivity index (χ2n) is 23.8. The number of rotatable bonds is 65. The molecule has 0 fully saturated rings. The van der Waals surface area contributed by atoms with Crippen molar-refractivity contribution < 1.29 is 28.6 Å². The minimum Gasteiger partial charge on any atom is -0.462 e. The van der Waals surface area contributed by atoms with Gasteiger partial charge in [-0.2, -0.15) is 0 Å². The van der Waals surface area contributed by atoms with E-state index in [0.29, 0.717) is 19.3 Å². The molecule has 0 aromatic heterocycles. The van der Waals surface area contributed by atoms with Crippen LogP contribution < -0.4 is 0 Å². The molecule has 0 radical (unpaired) electrons. The van der Waals surface area contributed by atoms with Crippen molar-refractivity contribution >= 4 is 17.9 Å². The Kier molecular flexibility index (Phi) is 65.1. The standard InChI is InChI=1S/C72H134O6/c1-4-7-10-13-16-19-21-23-25-27-28-29-30-31-32-33-34-35-36-37-38-39-40-41-42-43-44-46-47-49-51-53-56-59-62-65-71(74)77-68-69(67-76-70(73)64-61-58-55-18-15-12-9-6-3)78-72(75)66-63-60-57-54-52-50-48-45-26-24-22-20-17-14-11-8-5-2/h17,20,24,26-28,69H,4-16,18-19,21-23,25,29-68H2,1-3H3/b20-17-,26-24-,28-27-. The lowest BCUT2D eigenvalue weighted by Gasteiger charge is -2.18. The predicted octanol–water partition coefficient (Wildman–Crippen LogP) is 23.9. The van der Waals surface area contributed by atoms with Gasteiger partial charge in [0.05, 0.1) is 0 Å². The van der Waals surface area contributed by atoms with E-state index in [9.17, 15) is 14.4 Å². The van der Waals surface area contributed by atoms with Crippen molar-refractivity contribution in [2.45, 2.75) is 393 Å². The first-order valence-corrected chi connectivity index (χ1v) is 35.0. The molecule has 6 heteroatoms. The summed E-state index contributed by atoms with van der Waals surface area (Å²) in [5.74, 6) is -0.860. The number of ether oxygens (including phenoxy) is 3. The van der Waals surface area contributed by atoms with Crippen LogP contribution in [0, 0.1) is 0 Å². The molecule has 0 aromatic carbocycles. The van der Waals surface area contributed by atoms with Crippen LogP contribution in [0.5, 0.6) is 0 Å². The molecule has 6 nitrogen and oxygen atoms in total. The second kappa shape index (κ2) is 67.1. The summed E-state index contributed by atoms with van der Waals surface area (Å²) in [6, 6.07) is 0. The number of hydrogen-bond donors (Lipinski definition) is 0. The number of carbonyl (C=O) groups excluding carboxylic acids is 3. The third-order valence-electron chi connectivity index (χ3n) is 15.9. The largest absolute Gasteiger partial charge is 0.462 e. The van der Waals surface area contributed by atoms with E-state index < -0.39 is 6.10 Å². The van der Waals surface area contributed by atoms with Crippen LogP contribution in [0.25, 0.3) is 0 Å². The van der Waals surface area contributed by atoms with E-state index in [4.69, 9.17) is 14.2 Å². The van der Waals surface area contributed by atoms with Crippen LogP contribution in [0.2, 0.25) is 0 Å². The fraction of sp³-hybridized carbons (Fsp3) is 0.875. The Balaban J connectivity index is 3.95. The summed E-state index contributed by atoms with van der Waals surface area (Å²) in [5.41, 5.74) is 0. The fourth-order valence-corrected chi connectivity index (χ4v) is 10.6. The van der Waals surface area contributed by atoms with Crippen molar-refractivity contribution in [2.75, 3.05) is 13.2 Å². The van der Waals surface area contributed by atoms with Gasteiger partial charge >= 0.3 is 17.9 Å². The average Bonchev–Trinajstić information content (AvgIpc) is 3.44. The minimum atomic E-state index is -0.772. The van der Waals surface area contributed by atoms with Gasteiger partial charge in [-0.05, 0) is 77.0 Å². The summed E-state index contributed by atoms with van der Waals surface area (Å²) in [5, 5.41) is 0. The van der Waals surface area contributed by atoms with Gasteiger partial charge in [-0.1, -0.05) is 327 Å². The molecule has 0 saturated heterocycles. The van der Waals surface area contributed by atoms with Crippen LogP contribution in [-0.2, 0) is 28.6 Å². The Bertz CT molecular complexity index is 1300. The van der Waals surface area contributed by atoms with Crippen molar-refractivity contribution in [1.82, 2.24) is 0 Å². The summed E-state index contributed by atoms with van der Waals surface area (Å²) in [6.45, 7) is 6.63. The third kappa shape index (κ3) is 64.5. The Hall–Kier alpha value is -2.37. The molecule has 78 heavy (non-hydrogen) atoms. The average molecular weight is 1100 g/mol. The second-order valence-corrected chi connectivity index (χ2v) is 23.8. The lowest BCUT2D eigenvalue weighted by atomic mass is 10.0. The lowest BCUT2D eigenvalue weighted by molar-refractivity contribution is -0.167. The summed E-state index contributed by atoms with van der Waals surface area (Å²) >= 11 is 0. The van der Waals surface area contributed by atoms with Crippen molar-refractivity contribution in [3.63, 3.8) is 0 Å². The zero-order valence-corrected chi connectivity index (χ0v) is 52.7. The molecule has 458 valence electrons.